The Hall–Kier alpha value is -0.960. The Balaban J connectivity index is 1.87. The van der Waals surface area contributed by atoms with Gasteiger partial charge < -0.3 is 9.80 Å². The molecule has 3 rings (SSSR count). The number of halogens is 1. The second-order valence-electron chi connectivity index (χ2n) is 6.63. The first-order valence-electron chi connectivity index (χ1n) is 8.08. The van der Waals surface area contributed by atoms with Gasteiger partial charge in [-0.25, -0.2) is 13.1 Å². The average molecular weight is 416 g/mol. The van der Waals surface area contributed by atoms with Gasteiger partial charge in [0.1, 0.15) is 0 Å². The van der Waals surface area contributed by atoms with Gasteiger partial charge in [0.05, 0.1) is 4.90 Å². The molecule has 1 saturated carbocycles. The minimum absolute atomic E-state index is 0.123. The van der Waals surface area contributed by atoms with Gasteiger partial charge in [-0.15, -0.1) is 0 Å². The quantitative estimate of drug-likeness (QED) is 0.765. The number of rotatable bonds is 6. The third-order valence-corrected chi connectivity index (χ3v) is 6.78. The van der Waals surface area contributed by atoms with E-state index in [0.29, 0.717) is 24.1 Å². The van der Waals surface area contributed by atoms with Crippen LogP contribution in [-0.2, 0) is 21.2 Å². The van der Waals surface area contributed by atoms with E-state index in [2.05, 4.69) is 20.7 Å². The van der Waals surface area contributed by atoms with Gasteiger partial charge in [0, 0.05) is 35.7 Å². The summed E-state index contributed by atoms with van der Waals surface area (Å²) in [5.74, 6) is 0.248. The number of anilines is 1. The number of sulfonamides is 1. The van der Waals surface area contributed by atoms with E-state index in [4.69, 9.17) is 0 Å². The molecule has 24 heavy (non-hydrogen) atoms. The fraction of sp³-hybridized carbons (Fsp3) is 0.562. The van der Waals surface area contributed by atoms with Gasteiger partial charge in [-0.1, -0.05) is 0 Å². The third kappa shape index (κ3) is 3.66. The van der Waals surface area contributed by atoms with Crippen LogP contribution >= 0.6 is 15.9 Å². The summed E-state index contributed by atoms with van der Waals surface area (Å²) in [4.78, 5) is 16.3. The number of carbonyl (C=O) groups excluding carboxylic acids is 1. The molecule has 1 aromatic rings. The van der Waals surface area contributed by atoms with Crippen LogP contribution in [0.4, 0.5) is 5.69 Å². The van der Waals surface area contributed by atoms with E-state index in [0.717, 1.165) is 30.5 Å². The molecular formula is C16H22BrN3O3S. The number of hydrogen-bond donors (Lipinski definition) is 1. The van der Waals surface area contributed by atoms with Crippen molar-refractivity contribution in [2.75, 3.05) is 38.6 Å². The molecule has 1 heterocycles. The molecule has 0 unspecified atom stereocenters. The number of benzene rings is 1. The number of amides is 1. The highest BCUT2D eigenvalue weighted by atomic mass is 79.9. The molecular weight excluding hydrogens is 394 g/mol. The van der Waals surface area contributed by atoms with E-state index in [1.165, 1.54) is 0 Å². The van der Waals surface area contributed by atoms with Gasteiger partial charge in [-0.3, -0.25) is 4.79 Å². The lowest BCUT2D eigenvalue weighted by atomic mass is 10.2. The van der Waals surface area contributed by atoms with E-state index in [9.17, 15) is 13.2 Å². The zero-order chi connectivity index (χ0) is 17.5. The van der Waals surface area contributed by atoms with Crippen molar-refractivity contribution < 1.29 is 13.2 Å². The van der Waals surface area contributed by atoms with Crippen LogP contribution in [0.2, 0.25) is 0 Å². The summed E-state index contributed by atoms with van der Waals surface area (Å²) in [6, 6.07) is 3.46. The molecule has 0 spiro atoms. The number of nitrogens with zero attached hydrogens (tertiary/aromatic N) is 2. The van der Waals surface area contributed by atoms with Crippen LogP contribution in [0, 0.1) is 5.92 Å². The molecule has 0 aromatic heterocycles. The number of likely N-dealkylation sites (N-methyl/N-ethyl adjacent to an activating group) is 1. The van der Waals surface area contributed by atoms with Crippen molar-refractivity contribution in [3.8, 4) is 0 Å². The normalized spacial score (nSPS) is 17.4. The van der Waals surface area contributed by atoms with Crippen LogP contribution in [-0.4, -0.2) is 53.0 Å². The van der Waals surface area contributed by atoms with Crippen molar-refractivity contribution in [2.45, 2.75) is 24.2 Å². The van der Waals surface area contributed by atoms with Crippen LogP contribution < -0.4 is 9.62 Å². The van der Waals surface area contributed by atoms with Gasteiger partial charge in [0.15, 0.2) is 0 Å². The molecule has 1 aromatic carbocycles. The van der Waals surface area contributed by atoms with Crippen LogP contribution in [0.3, 0.4) is 0 Å². The Labute approximate surface area is 151 Å². The highest BCUT2D eigenvalue weighted by Crippen LogP contribution is 2.39. The van der Waals surface area contributed by atoms with Crippen LogP contribution in [0.1, 0.15) is 18.4 Å². The van der Waals surface area contributed by atoms with E-state index < -0.39 is 10.0 Å². The maximum atomic E-state index is 12.6. The molecule has 6 nitrogen and oxygen atoms in total. The van der Waals surface area contributed by atoms with Gasteiger partial charge in [0.25, 0.3) is 0 Å². The van der Waals surface area contributed by atoms with Crippen LogP contribution in [0.5, 0.6) is 0 Å². The fourth-order valence-electron chi connectivity index (χ4n) is 2.85. The summed E-state index contributed by atoms with van der Waals surface area (Å²) in [6.07, 6.45) is 2.65. The molecule has 1 amide bonds. The predicted molar refractivity (Wildman–Crippen MR) is 96.7 cm³/mol. The first kappa shape index (κ1) is 17.8. The Bertz CT molecular complexity index is 760. The SMILES string of the molecule is CN(C)CCNS(=O)(=O)c1cc2c(cc1Br)CCN2C(=O)C1CC1. The molecule has 1 fully saturated rings. The molecule has 8 heteroatoms. The highest BCUT2D eigenvalue weighted by Gasteiger charge is 2.37. The highest BCUT2D eigenvalue weighted by molar-refractivity contribution is 9.10. The van der Waals surface area contributed by atoms with Crippen molar-refractivity contribution in [1.82, 2.24) is 9.62 Å². The molecule has 0 atom stereocenters. The number of fused-ring (bicyclic) bond motifs is 1. The second-order valence-corrected chi connectivity index (χ2v) is 9.22. The smallest absolute Gasteiger partial charge is 0.241 e. The topological polar surface area (TPSA) is 69.7 Å². The lowest BCUT2D eigenvalue weighted by Gasteiger charge is -2.19. The summed E-state index contributed by atoms with van der Waals surface area (Å²) in [6.45, 7) is 1.59. The van der Waals surface area contributed by atoms with Crippen molar-refractivity contribution in [1.29, 1.82) is 0 Å². The van der Waals surface area contributed by atoms with Gasteiger partial charge >= 0.3 is 0 Å². The Morgan fingerprint density at radius 1 is 1.38 bits per heavy atom. The summed E-state index contributed by atoms with van der Waals surface area (Å²) < 4.78 is 28.3. The lowest BCUT2D eigenvalue weighted by Crippen LogP contribution is -2.32. The molecule has 0 radical (unpaired) electrons. The van der Waals surface area contributed by atoms with Crippen LogP contribution in [0.25, 0.3) is 0 Å². The lowest BCUT2D eigenvalue weighted by molar-refractivity contribution is -0.119. The van der Waals surface area contributed by atoms with Crippen molar-refractivity contribution in [2.24, 2.45) is 5.92 Å². The molecule has 0 bridgehead atoms. The fourth-order valence-corrected chi connectivity index (χ4v) is 4.98. The van der Waals surface area contributed by atoms with E-state index >= 15 is 0 Å². The van der Waals surface area contributed by atoms with Crippen molar-refractivity contribution >= 4 is 37.5 Å². The molecule has 1 N–H and O–H groups in total. The standard InChI is InChI=1S/C16H22BrN3O3S/c1-19(2)8-6-18-24(22,23)15-10-14-12(9-13(15)17)5-7-20(14)16(21)11-3-4-11/h9-11,18H,3-8H2,1-2H3. The Morgan fingerprint density at radius 2 is 2.08 bits per heavy atom. The first-order chi connectivity index (χ1) is 11.3. The zero-order valence-corrected chi connectivity index (χ0v) is 16.3. The molecule has 132 valence electrons. The molecule has 0 saturated heterocycles. The van der Waals surface area contributed by atoms with Crippen molar-refractivity contribution in [3.63, 3.8) is 0 Å². The maximum Gasteiger partial charge on any atom is 0.241 e. The molecule has 1 aliphatic carbocycles. The van der Waals surface area contributed by atoms with Crippen molar-refractivity contribution in [3.05, 3.63) is 22.2 Å². The monoisotopic (exact) mass is 415 g/mol. The summed E-state index contributed by atoms with van der Waals surface area (Å²) in [5, 5.41) is 0. The largest absolute Gasteiger partial charge is 0.312 e. The van der Waals surface area contributed by atoms with Crippen LogP contribution in [0.15, 0.2) is 21.5 Å². The summed E-state index contributed by atoms with van der Waals surface area (Å²) >= 11 is 3.37. The van der Waals surface area contributed by atoms with Gasteiger partial charge in [-0.05, 0) is 67.0 Å². The summed E-state index contributed by atoms with van der Waals surface area (Å²) in [5.41, 5.74) is 1.76. The third-order valence-electron chi connectivity index (χ3n) is 4.36. The van der Waals surface area contributed by atoms with E-state index in [1.54, 1.807) is 11.0 Å². The second kappa shape index (κ2) is 6.74. The van der Waals surface area contributed by atoms with E-state index in [1.807, 2.05) is 25.1 Å². The molecule has 2 aliphatic rings. The van der Waals surface area contributed by atoms with E-state index in [-0.39, 0.29) is 16.7 Å². The van der Waals surface area contributed by atoms with Gasteiger partial charge in [-0.2, -0.15) is 0 Å². The minimum Gasteiger partial charge on any atom is -0.312 e. The van der Waals surface area contributed by atoms with Gasteiger partial charge in [0.2, 0.25) is 15.9 Å². The number of carbonyl (C=O) groups is 1. The molecule has 1 aliphatic heterocycles. The Morgan fingerprint density at radius 3 is 2.71 bits per heavy atom. The first-order valence-corrected chi connectivity index (χ1v) is 10.4. The zero-order valence-electron chi connectivity index (χ0n) is 13.9. The number of hydrogen-bond acceptors (Lipinski definition) is 4. The maximum absolute atomic E-state index is 12.6. The summed E-state index contributed by atoms with van der Waals surface area (Å²) in [7, 11) is 0.156. The number of nitrogens with one attached hydrogen (secondary N) is 1. The predicted octanol–water partition coefficient (Wildman–Crippen LogP) is 1.59. The minimum atomic E-state index is -3.62. The Kier molecular flexibility index (Phi) is 5.01. The average Bonchev–Trinajstić information content (AvgIpc) is 3.26.